The largest absolute Gasteiger partial charge is 0.338 e. The first kappa shape index (κ1) is 16.6. The van der Waals surface area contributed by atoms with Crippen LogP contribution in [0, 0.1) is 13.8 Å². The Balaban J connectivity index is 1.84. The molecule has 4 rings (SSSR count). The van der Waals surface area contributed by atoms with E-state index in [0.29, 0.717) is 12.2 Å². The number of primary sulfonamides is 1. The van der Waals surface area contributed by atoms with Crippen LogP contribution in [0.1, 0.15) is 17.1 Å². The average Bonchev–Trinajstić information content (AvgIpc) is 2.90. The molecule has 0 aliphatic carbocycles. The van der Waals surface area contributed by atoms with Gasteiger partial charge in [-0.05, 0) is 44.2 Å². The van der Waals surface area contributed by atoms with E-state index >= 15 is 0 Å². The number of hydrogen-bond acceptors (Lipinski definition) is 5. The summed E-state index contributed by atoms with van der Waals surface area (Å²) in [6.45, 7) is 4.46. The van der Waals surface area contributed by atoms with Gasteiger partial charge in [0, 0.05) is 34.6 Å². The highest BCUT2D eigenvalue weighted by Crippen LogP contribution is 2.27. The van der Waals surface area contributed by atoms with Crippen LogP contribution in [0.25, 0.3) is 21.9 Å². The van der Waals surface area contributed by atoms with Gasteiger partial charge in [-0.1, -0.05) is 0 Å². The van der Waals surface area contributed by atoms with Crippen molar-refractivity contribution in [3.63, 3.8) is 0 Å². The van der Waals surface area contributed by atoms with Crippen molar-refractivity contribution >= 4 is 32.0 Å². The quantitative estimate of drug-likeness (QED) is 0.598. The average molecular weight is 367 g/mol. The van der Waals surface area contributed by atoms with Gasteiger partial charge >= 0.3 is 0 Å². The summed E-state index contributed by atoms with van der Waals surface area (Å²) < 4.78 is 24.9. The number of fused-ring (bicyclic) bond motifs is 3. The molecule has 0 fully saturated rings. The number of hydrogen-bond donors (Lipinski definition) is 1. The Labute approximate surface area is 150 Å². The Morgan fingerprint density at radius 3 is 2.58 bits per heavy atom. The summed E-state index contributed by atoms with van der Waals surface area (Å²) in [5.41, 5.74) is 4.46. The van der Waals surface area contributed by atoms with Crippen molar-refractivity contribution in [1.82, 2.24) is 19.5 Å². The van der Waals surface area contributed by atoms with Gasteiger partial charge in [-0.15, -0.1) is 0 Å². The molecule has 0 aliphatic rings. The summed E-state index contributed by atoms with van der Waals surface area (Å²) >= 11 is 0. The van der Waals surface area contributed by atoms with Crippen LogP contribution in [0.3, 0.4) is 0 Å². The second kappa shape index (κ2) is 5.86. The molecular formula is C18H17N5O2S. The molecule has 0 amide bonds. The summed E-state index contributed by atoms with van der Waals surface area (Å²) in [4.78, 5) is 13.2. The molecule has 4 aromatic rings. The predicted molar refractivity (Wildman–Crippen MR) is 99.2 cm³/mol. The number of nitrogens with zero attached hydrogens (tertiary/aromatic N) is 4. The monoisotopic (exact) mass is 367 g/mol. The fraction of sp³-hybridized carbons (Fsp3) is 0.167. The van der Waals surface area contributed by atoms with Crippen LogP contribution in [-0.2, 0) is 16.6 Å². The summed E-state index contributed by atoms with van der Waals surface area (Å²) in [5.74, 6) is 0. The lowest BCUT2D eigenvalue weighted by molar-refractivity contribution is 0.597. The first-order chi connectivity index (χ1) is 12.3. The van der Waals surface area contributed by atoms with E-state index in [0.717, 1.165) is 33.4 Å². The molecule has 0 saturated heterocycles. The van der Waals surface area contributed by atoms with Gasteiger partial charge in [0.15, 0.2) is 5.65 Å². The maximum atomic E-state index is 11.4. The van der Waals surface area contributed by atoms with Gasteiger partial charge in [0.2, 0.25) is 10.0 Å². The van der Waals surface area contributed by atoms with Gasteiger partial charge in [0.1, 0.15) is 4.90 Å². The van der Waals surface area contributed by atoms with Crippen LogP contribution in [0.4, 0.5) is 0 Å². The lowest BCUT2D eigenvalue weighted by atomic mass is 10.2. The highest BCUT2D eigenvalue weighted by atomic mass is 32.2. The second-order valence-corrected chi connectivity index (χ2v) is 7.85. The molecule has 0 aromatic carbocycles. The zero-order chi connectivity index (χ0) is 18.5. The van der Waals surface area contributed by atoms with Crippen molar-refractivity contribution in [3.05, 3.63) is 59.8 Å². The van der Waals surface area contributed by atoms with E-state index < -0.39 is 10.0 Å². The molecule has 4 aromatic heterocycles. The van der Waals surface area contributed by atoms with E-state index in [9.17, 15) is 8.42 Å². The fourth-order valence-electron chi connectivity index (χ4n) is 3.10. The molecule has 132 valence electrons. The molecular weight excluding hydrogens is 350 g/mol. The topological polar surface area (TPSA) is 104 Å². The molecule has 7 nitrogen and oxygen atoms in total. The van der Waals surface area contributed by atoms with Crippen molar-refractivity contribution in [2.24, 2.45) is 5.14 Å². The predicted octanol–water partition coefficient (Wildman–Crippen LogP) is 2.29. The molecule has 0 bridgehead atoms. The van der Waals surface area contributed by atoms with E-state index in [1.54, 1.807) is 6.07 Å². The zero-order valence-electron chi connectivity index (χ0n) is 14.3. The molecule has 0 atom stereocenters. The minimum Gasteiger partial charge on any atom is -0.338 e. The molecule has 0 aliphatic heterocycles. The van der Waals surface area contributed by atoms with E-state index in [1.807, 2.05) is 32.2 Å². The van der Waals surface area contributed by atoms with Crippen molar-refractivity contribution in [2.75, 3.05) is 0 Å². The Hall–Kier alpha value is -2.84. The molecule has 4 heterocycles. The van der Waals surface area contributed by atoms with Gasteiger partial charge < -0.3 is 4.57 Å². The van der Waals surface area contributed by atoms with E-state index in [1.165, 1.54) is 12.3 Å². The molecule has 26 heavy (non-hydrogen) atoms. The lowest BCUT2D eigenvalue weighted by Crippen LogP contribution is -2.13. The van der Waals surface area contributed by atoms with Crippen LogP contribution in [-0.4, -0.2) is 27.9 Å². The third-order valence-electron chi connectivity index (χ3n) is 4.38. The normalized spacial score (nSPS) is 12.1. The molecule has 2 N–H and O–H groups in total. The third-order valence-corrected chi connectivity index (χ3v) is 5.27. The van der Waals surface area contributed by atoms with Crippen LogP contribution in [0.2, 0.25) is 0 Å². The third kappa shape index (κ3) is 2.83. The van der Waals surface area contributed by atoms with Crippen molar-refractivity contribution in [1.29, 1.82) is 0 Å². The first-order valence-electron chi connectivity index (χ1n) is 8.03. The van der Waals surface area contributed by atoms with Crippen LogP contribution >= 0.6 is 0 Å². The van der Waals surface area contributed by atoms with E-state index in [-0.39, 0.29) is 4.90 Å². The van der Waals surface area contributed by atoms with Crippen LogP contribution < -0.4 is 5.14 Å². The van der Waals surface area contributed by atoms with Crippen molar-refractivity contribution < 1.29 is 8.42 Å². The Kier molecular flexibility index (Phi) is 3.74. The summed E-state index contributed by atoms with van der Waals surface area (Å²) in [7, 11) is -3.74. The standard InChI is InChI=1S/C18H17N5O2S/c1-11-3-6-16-17-13(8-21-18(16)22-11)7-12(2)23(17)10-14-4-5-15(9-20-14)26(19,24)25/h3-9H,10H2,1-2H3,(H2,19,24,25). The number of aryl methyl sites for hydroxylation is 2. The first-order valence-corrected chi connectivity index (χ1v) is 9.57. The van der Waals surface area contributed by atoms with Crippen molar-refractivity contribution in [2.45, 2.75) is 25.3 Å². The van der Waals surface area contributed by atoms with Gasteiger partial charge in [-0.2, -0.15) is 0 Å². The number of rotatable bonds is 3. The molecule has 0 unspecified atom stereocenters. The minimum atomic E-state index is -3.74. The second-order valence-electron chi connectivity index (χ2n) is 6.29. The molecule has 0 spiro atoms. The Morgan fingerprint density at radius 1 is 1.08 bits per heavy atom. The van der Waals surface area contributed by atoms with Gasteiger partial charge in [0.05, 0.1) is 17.8 Å². The number of pyridine rings is 3. The highest BCUT2D eigenvalue weighted by Gasteiger charge is 2.13. The number of aromatic nitrogens is 4. The van der Waals surface area contributed by atoms with Crippen molar-refractivity contribution in [3.8, 4) is 0 Å². The maximum absolute atomic E-state index is 11.4. The smallest absolute Gasteiger partial charge is 0.239 e. The Morgan fingerprint density at radius 2 is 1.88 bits per heavy atom. The summed E-state index contributed by atoms with van der Waals surface area (Å²) in [5, 5.41) is 7.13. The fourth-order valence-corrected chi connectivity index (χ4v) is 3.56. The van der Waals surface area contributed by atoms with Gasteiger partial charge in [-0.3, -0.25) is 4.98 Å². The van der Waals surface area contributed by atoms with Crippen LogP contribution in [0.15, 0.2) is 47.6 Å². The number of nitrogens with two attached hydrogens (primary N) is 1. The minimum absolute atomic E-state index is 0.00432. The lowest BCUT2D eigenvalue weighted by Gasteiger charge is -2.10. The Bertz CT molecular complexity index is 1240. The SMILES string of the molecule is Cc1ccc2c(ncc3cc(C)n(Cc4ccc(S(N)(=O)=O)cn4)c32)n1. The summed E-state index contributed by atoms with van der Waals surface area (Å²) in [6.07, 6.45) is 3.11. The summed E-state index contributed by atoms with van der Waals surface area (Å²) in [6, 6.07) is 9.22. The maximum Gasteiger partial charge on any atom is 0.239 e. The van der Waals surface area contributed by atoms with Crippen LogP contribution in [0.5, 0.6) is 0 Å². The van der Waals surface area contributed by atoms with E-state index in [2.05, 4.69) is 25.6 Å². The highest BCUT2D eigenvalue weighted by molar-refractivity contribution is 7.89. The van der Waals surface area contributed by atoms with Gasteiger partial charge in [0.25, 0.3) is 0 Å². The van der Waals surface area contributed by atoms with Gasteiger partial charge in [-0.25, -0.2) is 23.5 Å². The van der Waals surface area contributed by atoms with E-state index in [4.69, 9.17) is 5.14 Å². The number of sulfonamides is 1. The molecule has 0 saturated carbocycles. The zero-order valence-corrected chi connectivity index (χ0v) is 15.2. The molecule has 8 heteroatoms. The molecule has 0 radical (unpaired) electrons.